The first-order valence-electron chi connectivity index (χ1n) is 5.25. The van der Waals surface area contributed by atoms with Crippen molar-refractivity contribution in [2.45, 2.75) is 6.42 Å². The summed E-state index contributed by atoms with van der Waals surface area (Å²) in [5.41, 5.74) is 4.06. The van der Waals surface area contributed by atoms with Crippen molar-refractivity contribution >= 4 is 27.5 Å². The van der Waals surface area contributed by atoms with Gasteiger partial charge in [-0.15, -0.1) is 0 Å². The molecule has 1 aliphatic rings. The van der Waals surface area contributed by atoms with E-state index in [2.05, 4.69) is 25.9 Å². The van der Waals surface area contributed by atoms with Crippen LogP contribution in [-0.2, 0) is 11.2 Å². The lowest BCUT2D eigenvalue weighted by Gasteiger charge is -2.09. The lowest BCUT2D eigenvalue weighted by atomic mass is 10.1. The van der Waals surface area contributed by atoms with Crippen LogP contribution in [0.5, 0.6) is 0 Å². The number of hydrogen-bond acceptors (Lipinski definition) is 2. The number of anilines is 1. The van der Waals surface area contributed by atoms with Gasteiger partial charge in [-0.1, -0.05) is 6.07 Å². The predicted octanol–water partition coefficient (Wildman–Crippen LogP) is 2.36. The van der Waals surface area contributed by atoms with Crippen LogP contribution in [0, 0.1) is 0 Å². The SMILES string of the molecule is CN1C(=O)Cc2cc(-c3cnc(Br)[nH]3)ccc21. The summed E-state index contributed by atoms with van der Waals surface area (Å²) < 4.78 is 0.709. The molecule has 1 aromatic heterocycles. The summed E-state index contributed by atoms with van der Waals surface area (Å²) in [6.07, 6.45) is 2.25. The molecule has 1 N–H and O–H groups in total. The Labute approximate surface area is 107 Å². The lowest BCUT2D eigenvalue weighted by Crippen LogP contribution is -2.20. The zero-order chi connectivity index (χ0) is 12.0. The summed E-state index contributed by atoms with van der Waals surface area (Å²) >= 11 is 3.28. The number of aromatic amines is 1. The van der Waals surface area contributed by atoms with E-state index < -0.39 is 0 Å². The topological polar surface area (TPSA) is 49.0 Å². The highest BCUT2D eigenvalue weighted by Crippen LogP contribution is 2.31. The first kappa shape index (κ1) is 10.5. The molecule has 0 saturated carbocycles. The summed E-state index contributed by atoms with van der Waals surface area (Å²) in [4.78, 5) is 20.5. The smallest absolute Gasteiger partial charge is 0.231 e. The molecule has 86 valence electrons. The van der Waals surface area contributed by atoms with Crippen LogP contribution in [0.4, 0.5) is 5.69 Å². The number of nitrogens with zero attached hydrogens (tertiary/aromatic N) is 2. The number of nitrogens with one attached hydrogen (secondary N) is 1. The summed E-state index contributed by atoms with van der Waals surface area (Å²) in [5, 5.41) is 0. The fourth-order valence-electron chi connectivity index (χ4n) is 2.08. The van der Waals surface area contributed by atoms with Gasteiger partial charge in [-0.25, -0.2) is 4.98 Å². The van der Waals surface area contributed by atoms with E-state index in [-0.39, 0.29) is 5.91 Å². The lowest BCUT2D eigenvalue weighted by molar-refractivity contribution is -0.117. The molecule has 1 aromatic carbocycles. The number of hydrogen-bond donors (Lipinski definition) is 1. The third-order valence-electron chi connectivity index (χ3n) is 3.01. The number of halogens is 1. The fourth-order valence-corrected chi connectivity index (χ4v) is 2.40. The minimum Gasteiger partial charge on any atom is -0.333 e. The van der Waals surface area contributed by atoms with Crippen molar-refractivity contribution in [1.82, 2.24) is 9.97 Å². The van der Waals surface area contributed by atoms with Crippen molar-refractivity contribution in [2.24, 2.45) is 0 Å². The minimum absolute atomic E-state index is 0.142. The molecule has 0 bridgehead atoms. The zero-order valence-electron chi connectivity index (χ0n) is 9.20. The Morgan fingerprint density at radius 1 is 1.47 bits per heavy atom. The van der Waals surface area contributed by atoms with Crippen LogP contribution in [0.15, 0.2) is 29.1 Å². The number of imidazole rings is 1. The number of carbonyl (C=O) groups is 1. The third kappa shape index (κ3) is 1.67. The zero-order valence-corrected chi connectivity index (χ0v) is 10.8. The van der Waals surface area contributed by atoms with Crippen LogP contribution >= 0.6 is 15.9 Å². The van der Waals surface area contributed by atoms with E-state index in [1.54, 1.807) is 18.1 Å². The van der Waals surface area contributed by atoms with Crippen molar-refractivity contribution < 1.29 is 4.79 Å². The van der Waals surface area contributed by atoms with Crippen LogP contribution < -0.4 is 4.90 Å². The summed E-state index contributed by atoms with van der Waals surface area (Å²) in [6, 6.07) is 6.01. The molecule has 0 saturated heterocycles. The van der Waals surface area contributed by atoms with Crippen molar-refractivity contribution in [1.29, 1.82) is 0 Å². The van der Waals surface area contributed by atoms with E-state index in [1.807, 2.05) is 18.2 Å². The van der Waals surface area contributed by atoms with Crippen LogP contribution in [0.3, 0.4) is 0 Å². The van der Waals surface area contributed by atoms with Crippen LogP contribution in [0.25, 0.3) is 11.3 Å². The third-order valence-corrected chi connectivity index (χ3v) is 3.42. The van der Waals surface area contributed by atoms with Crippen LogP contribution in [0.1, 0.15) is 5.56 Å². The highest BCUT2D eigenvalue weighted by Gasteiger charge is 2.24. The quantitative estimate of drug-likeness (QED) is 0.877. The number of carbonyl (C=O) groups excluding carboxylic acids is 1. The van der Waals surface area contributed by atoms with E-state index in [1.165, 1.54) is 0 Å². The summed E-state index contributed by atoms with van der Waals surface area (Å²) in [7, 11) is 1.81. The number of likely N-dealkylation sites (N-methyl/N-ethyl adjacent to an activating group) is 1. The van der Waals surface area contributed by atoms with Gasteiger partial charge in [0.15, 0.2) is 4.73 Å². The molecule has 2 aromatic rings. The van der Waals surface area contributed by atoms with Crippen LogP contribution in [-0.4, -0.2) is 22.9 Å². The molecule has 0 radical (unpaired) electrons. The van der Waals surface area contributed by atoms with E-state index in [9.17, 15) is 4.79 Å². The maximum Gasteiger partial charge on any atom is 0.231 e. The summed E-state index contributed by atoms with van der Waals surface area (Å²) in [6.45, 7) is 0. The number of aromatic nitrogens is 2. The molecule has 17 heavy (non-hydrogen) atoms. The van der Waals surface area contributed by atoms with Gasteiger partial charge >= 0.3 is 0 Å². The molecule has 0 spiro atoms. The van der Waals surface area contributed by atoms with E-state index in [4.69, 9.17) is 0 Å². The van der Waals surface area contributed by atoms with Gasteiger partial charge in [-0.05, 0) is 33.6 Å². The second-order valence-corrected chi connectivity index (χ2v) is 4.81. The molecular formula is C12H10BrN3O. The Morgan fingerprint density at radius 3 is 3.00 bits per heavy atom. The predicted molar refractivity (Wildman–Crippen MR) is 68.8 cm³/mol. The van der Waals surface area contributed by atoms with Crippen molar-refractivity contribution in [3.8, 4) is 11.3 Å². The average molecular weight is 292 g/mol. The monoisotopic (exact) mass is 291 g/mol. The van der Waals surface area contributed by atoms with E-state index >= 15 is 0 Å². The highest BCUT2D eigenvalue weighted by molar-refractivity contribution is 9.10. The molecule has 3 rings (SSSR count). The Morgan fingerprint density at radius 2 is 2.29 bits per heavy atom. The Bertz CT molecular complexity index is 606. The van der Waals surface area contributed by atoms with Gasteiger partial charge in [0.1, 0.15) is 0 Å². The average Bonchev–Trinajstić information content (AvgIpc) is 2.85. The first-order chi connectivity index (χ1) is 8.15. The van der Waals surface area contributed by atoms with Gasteiger partial charge in [0.2, 0.25) is 5.91 Å². The van der Waals surface area contributed by atoms with Gasteiger partial charge in [-0.3, -0.25) is 4.79 Å². The maximum atomic E-state index is 11.6. The molecular weight excluding hydrogens is 282 g/mol. The number of benzene rings is 1. The number of H-pyrrole nitrogens is 1. The number of fused-ring (bicyclic) bond motifs is 1. The summed E-state index contributed by atoms with van der Waals surface area (Å²) in [5.74, 6) is 0.142. The molecule has 1 aliphatic heterocycles. The molecule has 5 heteroatoms. The van der Waals surface area contributed by atoms with Crippen molar-refractivity contribution in [2.75, 3.05) is 11.9 Å². The van der Waals surface area contributed by atoms with Gasteiger partial charge in [0, 0.05) is 18.3 Å². The molecule has 0 aliphatic carbocycles. The molecule has 2 heterocycles. The van der Waals surface area contributed by atoms with Gasteiger partial charge in [0.05, 0.1) is 18.3 Å². The standard InChI is InChI=1S/C12H10BrN3O/c1-16-10-3-2-7(4-8(10)5-11(16)17)9-6-14-12(13)15-9/h2-4,6H,5H2,1H3,(H,14,15). The number of rotatable bonds is 1. The van der Waals surface area contributed by atoms with Crippen LogP contribution in [0.2, 0.25) is 0 Å². The molecule has 0 unspecified atom stereocenters. The van der Waals surface area contributed by atoms with Gasteiger partial charge in [0.25, 0.3) is 0 Å². The van der Waals surface area contributed by atoms with Crippen molar-refractivity contribution in [3.05, 3.63) is 34.7 Å². The largest absolute Gasteiger partial charge is 0.333 e. The Balaban J connectivity index is 2.06. The molecule has 1 amide bonds. The second-order valence-electron chi connectivity index (χ2n) is 4.06. The normalized spacial score (nSPS) is 14.2. The molecule has 0 atom stereocenters. The highest BCUT2D eigenvalue weighted by atomic mass is 79.9. The van der Waals surface area contributed by atoms with Crippen molar-refractivity contribution in [3.63, 3.8) is 0 Å². The molecule has 0 fully saturated rings. The Kier molecular flexibility index (Phi) is 2.29. The maximum absolute atomic E-state index is 11.6. The minimum atomic E-state index is 0.142. The Hall–Kier alpha value is -1.62. The van der Waals surface area contributed by atoms with E-state index in [0.717, 1.165) is 22.5 Å². The number of amides is 1. The molecule has 4 nitrogen and oxygen atoms in total. The first-order valence-corrected chi connectivity index (χ1v) is 6.05. The second kappa shape index (κ2) is 3.70. The fraction of sp³-hybridized carbons (Fsp3) is 0.167. The van der Waals surface area contributed by atoms with E-state index in [0.29, 0.717) is 11.2 Å². The van der Waals surface area contributed by atoms with Gasteiger partial charge < -0.3 is 9.88 Å². The van der Waals surface area contributed by atoms with Gasteiger partial charge in [-0.2, -0.15) is 0 Å².